The van der Waals surface area contributed by atoms with E-state index in [1.54, 1.807) is 0 Å². The van der Waals surface area contributed by atoms with Crippen molar-refractivity contribution >= 4 is 45.5 Å². The molecule has 0 heterocycles. The topological polar surface area (TPSA) is 47.1 Å². The molecular weight excluding hydrogens is 221 g/mol. The average Bonchev–Trinajstić information content (AvgIpc) is 1.00. The first kappa shape index (κ1) is 16.9. The van der Waals surface area contributed by atoms with E-state index >= 15 is 0 Å². The zero-order valence-corrected chi connectivity index (χ0v) is 8.86. The van der Waals surface area contributed by atoms with Gasteiger partial charge in [0.15, 0.2) is 0 Å². The summed E-state index contributed by atoms with van der Waals surface area (Å²) < 4.78 is 8.18. The molecule has 0 aliphatic heterocycles. The van der Waals surface area contributed by atoms with Gasteiger partial charge in [0.25, 0.3) is 0 Å². The zero-order valence-electron chi connectivity index (χ0n) is 2.21. The summed E-state index contributed by atoms with van der Waals surface area (Å²) in [5, 5.41) is 0. The van der Waals surface area contributed by atoms with E-state index < -0.39 is 0 Å². The summed E-state index contributed by atoms with van der Waals surface area (Å²) in [5.74, 6) is 0. The van der Waals surface area contributed by atoms with Crippen molar-refractivity contribution in [1.29, 1.82) is 0 Å². The molecule has 0 radical (unpaired) electrons. The van der Waals surface area contributed by atoms with Gasteiger partial charge in [0.05, 0.1) is 0 Å². The second-order valence-corrected chi connectivity index (χ2v) is 0. The Morgan fingerprint density at radius 2 is 1.25 bits per heavy atom. The Morgan fingerprint density at radius 1 is 1.25 bits per heavy atom. The van der Waals surface area contributed by atoms with Gasteiger partial charge < -0.3 is 5.48 Å². The van der Waals surface area contributed by atoms with Gasteiger partial charge in [-0.3, -0.25) is 0 Å². The van der Waals surface area contributed by atoms with Crippen LogP contribution in [-0.4, -0.2) is 51.0 Å². The van der Waals surface area contributed by atoms with Gasteiger partial charge in [-0.15, -0.1) is 0 Å². The predicted octanol–water partition coefficient (Wildman–Crippen LogP) is -0.947. The van der Waals surface area contributed by atoms with Gasteiger partial charge in [-0.1, -0.05) is 0 Å². The molecule has 0 unspecified atom stereocenters. The summed E-state index contributed by atoms with van der Waals surface area (Å²) in [7, 11) is 0. The van der Waals surface area contributed by atoms with Gasteiger partial charge >= 0.3 is 67.3 Å². The fourth-order valence-corrected chi connectivity index (χ4v) is 0. The Labute approximate surface area is 71.5 Å². The van der Waals surface area contributed by atoms with E-state index in [-0.39, 0.29) is 51.0 Å². The molecule has 0 aromatic heterocycles. The van der Waals surface area contributed by atoms with E-state index in [0.29, 0.717) is 0 Å². The van der Waals surface area contributed by atoms with Crippen molar-refractivity contribution in [2.24, 2.45) is 0 Å². The van der Waals surface area contributed by atoms with Crippen molar-refractivity contribution in [3.05, 3.63) is 0 Å². The molecule has 4 heteroatoms. The third-order valence-corrected chi connectivity index (χ3v) is 0. The molecule has 1 N–H and O–H groups in total. The van der Waals surface area contributed by atoms with Crippen LogP contribution in [0, 0.1) is 0 Å². The number of hydrogen-bond donors (Lipinski definition) is 0. The monoisotopic (exact) mass is 224 g/mol. The van der Waals surface area contributed by atoms with Crippen molar-refractivity contribution in [3.63, 3.8) is 0 Å². The van der Waals surface area contributed by atoms with E-state index in [1.165, 1.54) is 0 Å². The third kappa shape index (κ3) is 9.12. The van der Waals surface area contributed by atoms with Crippen LogP contribution < -0.4 is 0 Å². The molecule has 24 valence electrons. The molecule has 4 heavy (non-hydrogen) atoms. The SMILES string of the molecule is [OH-].[O]=[Ru].[SrH+]. The van der Waals surface area contributed by atoms with Crippen molar-refractivity contribution in [2.75, 3.05) is 0 Å². The molecule has 2 nitrogen and oxygen atoms in total. The van der Waals surface area contributed by atoms with Crippen molar-refractivity contribution in [2.45, 2.75) is 0 Å². The first-order valence-electron chi connectivity index (χ1n) is 0.144. The molecule has 0 aliphatic rings. The van der Waals surface area contributed by atoms with Crippen LogP contribution in [0.4, 0.5) is 0 Å². The van der Waals surface area contributed by atoms with Crippen LogP contribution in [-0.2, 0) is 21.8 Å². The molecule has 0 aromatic rings. The molecule has 0 fully saturated rings. The van der Waals surface area contributed by atoms with Crippen molar-refractivity contribution < 1.29 is 27.3 Å². The minimum absolute atomic E-state index is 0. The third-order valence-electron chi connectivity index (χ3n) is 0. The minimum atomic E-state index is 0. The van der Waals surface area contributed by atoms with Crippen LogP contribution in [0.2, 0.25) is 0 Å². The second kappa shape index (κ2) is 20.9. The molecule has 0 aliphatic carbocycles. The van der Waals surface area contributed by atoms with E-state index in [4.69, 9.17) is 3.57 Å². The molecular formula is H2O2RuSr. The summed E-state index contributed by atoms with van der Waals surface area (Å²) >= 11 is 1.10. The van der Waals surface area contributed by atoms with Gasteiger partial charge in [-0.05, 0) is 0 Å². The van der Waals surface area contributed by atoms with E-state index in [2.05, 4.69) is 0 Å². The maximum atomic E-state index is 8.18. The van der Waals surface area contributed by atoms with Crippen LogP contribution in [0.3, 0.4) is 0 Å². The zero-order chi connectivity index (χ0) is 2.00. The molecule has 0 amide bonds. The Morgan fingerprint density at radius 3 is 1.25 bits per heavy atom. The Balaban J connectivity index is -0.00000000500. The fourth-order valence-electron chi connectivity index (χ4n) is 0. The fraction of sp³-hybridized carbons (Fsp3) is 0. The van der Waals surface area contributed by atoms with E-state index in [9.17, 15) is 0 Å². The van der Waals surface area contributed by atoms with E-state index in [1.807, 2.05) is 0 Å². The van der Waals surface area contributed by atoms with Gasteiger partial charge in [0.2, 0.25) is 0 Å². The summed E-state index contributed by atoms with van der Waals surface area (Å²) in [6.07, 6.45) is 0. The van der Waals surface area contributed by atoms with E-state index in [0.717, 1.165) is 18.3 Å². The van der Waals surface area contributed by atoms with Crippen LogP contribution in [0.15, 0.2) is 0 Å². The van der Waals surface area contributed by atoms with Crippen LogP contribution >= 0.6 is 0 Å². The molecule has 0 saturated heterocycles. The molecule has 0 atom stereocenters. The second-order valence-electron chi connectivity index (χ2n) is 0. The van der Waals surface area contributed by atoms with Crippen LogP contribution in [0.25, 0.3) is 0 Å². The van der Waals surface area contributed by atoms with Gasteiger partial charge in [0.1, 0.15) is 0 Å². The molecule has 0 saturated carbocycles. The van der Waals surface area contributed by atoms with Gasteiger partial charge in [-0.25, -0.2) is 0 Å². The summed E-state index contributed by atoms with van der Waals surface area (Å²) in [6, 6.07) is 0. The Bertz CT molecular complexity index is 6.00. The number of hydrogen-bond acceptors (Lipinski definition) is 2. The van der Waals surface area contributed by atoms with Gasteiger partial charge in [0, 0.05) is 0 Å². The first-order chi connectivity index (χ1) is 1.00. The first-order valence-corrected chi connectivity index (χ1v) is 0.854. The summed E-state index contributed by atoms with van der Waals surface area (Å²) in [6.45, 7) is 0. The molecule has 0 spiro atoms. The molecule has 0 bridgehead atoms. The maximum absolute atomic E-state index is 8.18. The standard InChI is InChI=1S/H2O.O.Ru.Sr.H/h1H2;;;;/q;;;+1;/p-1. The summed E-state index contributed by atoms with van der Waals surface area (Å²) in [5.41, 5.74) is 0. The van der Waals surface area contributed by atoms with Crippen LogP contribution in [0.1, 0.15) is 0 Å². The van der Waals surface area contributed by atoms with Crippen LogP contribution in [0.5, 0.6) is 0 Å². The average molecular weight is 223 g/mol. The molecule has 0 rings (SSSR count). The predicted molar refractivity (Wildman–Crippen MR) is 9.77 cm³/mol. The normalized spacial score (nSPS) is 1.25. The summed E-state index contributed by atoms with van der Waals surface area (Å²) in [4.78, 5) is 0. The quantitative estimate of drug-likeness (QED) is 0.497. The van der Waals surface area contributed by atoms with Gasteiger partial charge in [-0.2, -0.15) is 0 Å². The Kier molecular flexibility index (Phi) is 88.4. The van der Waals surface area contributed by atoms with Crippen molar-refractivity contribution in [1.82, 2.24) is 0 Å². The Hall–Kier alpha value is 1.86. The molecule has 0 aromatic carbocycles. The number of rotatable bonds is 0. The van der Waals surface area contributed by atoms with Crippen molar-refractivity contribution in [3.8, 4) is 0 Å².